The first-order valence-electron chi connectivity index (χ1n) is 7.14. The molecule has 0 saturated carbocycles. The number of nitrogens with zero attached hydrogens (tertiary/aromatic N) is 3. The van der Waals surface area contributed by atoms with Crippen molar-refractivity contribution < 1.29 is 0 Å². The Morgan fingerprint density at radius 1 is 1.37 bits per heavy atom. The summed E-state index contributed by atoms with van der Waals surface area (Å²) in [6, 6.07) is 2.42. The van der Waals surface area contributed by atoms with Crippen LogP contribution in [0.4, 0.5) is 0 Å². The normalized spacial score (nSPS) is 14.4. The van der Waals surface area contributed by atoms with Gasteiger partial charge in [0.2, 0.25) is 0 Å². The molecule has 110 valence electrons. The highest BCUT2D eigenvalue weighted by Crippen LogP contribution is 2.31. The monoisotopic (exact) mass is 267 g/mol. The second-order valence-corrected chi connectivity index (χ2v) is 5.72. The highest BCUT2D eigenvalue weighted by Gasteiger charge is 2.36. The van der Waals surface area contributed by atoms with Gasteiger partial charge in [0.1, 0.15) is 0 Å². The van der Waals surface area contributed by atoms with E-state index in [1.807, 2.05) is 10.9 Å². The zero-order chi connectivity index (χ0) is 14.6. The number of rotatable bonds is 7. The van der Waals surface area contributed by atoms with Gasteiger partial charge < -0.3 is 0 Å². The fourth-order valence-corrected chi connectivity index (χ4v) is 2.86. The van der Waals surface area contributed by atoms with Crippen LogP contribution in [0.25, 0.3) is 0 Å². The van der Waals surface area contributed by atoms with Crippen molar-refractivity contribution in [1.29, 1.82) is 0 Å². The van der Waals surface area contributed by atoms with Gasteiger partial charge in [0, 0.05) is 17.8 Å². The average Bonchev–Trinajstić information content (AvgIpc) is 2.79. The third-order valence-electron chi connectivity index (χ3n) is 3.94. The maximum absolute atomic E-state index is 5.85. The largest absolute Gasteiger partial charge is 0.297 e. The van der Waals surface area contributed by atoms with Gasteiger partial charge in [-0.05, 0) is 46.9 Å². The van der Waals surface area contributed by atoms with Crippen molar-refractivity contribution in [2.75, 3.05) is 13.1 Å². The number of hydrazine groups is 1. The maximum Gasteiger partial charge on any atom is 0.0807 e. The average molecular weight is 267 g/mol. The molecule has 0 aliphatic carbocycles. The van der Waals surface area contributed by atoms with Crippen molar-refractivity contribution in [3.63, 3.8) is 0 Å². The zero-order valence-corrected chi connectivity index (χ0v) is 13.1. The zero-order valence-electron chi connectivity index (χ0n) is 13.1. The van der Waals surface area contributed by atoms with Crippen molar-refractivity contribution in [2.45, 2.75) is 59.2 Å². The van der Waals surface area contributed by atoms with Crippen LogP contribution in [0.2, 0.25) is 0 Å². The predicted octanol–water partition coefficient (Wildman–Crippen LogP) is 2.09. The lowest BCUT2D eigenvalue weighted by atomic mass is 9.90. The lowest BCUT2D eigenvalue weighted by molar-refractivity contribution is 0.0869. The molecule has 0 saturated heterocycles. The minimum atomic E-state index is -0.0784. The Bertz CT molecular complexity index is 379. The summed E-state index contributed by atoms with van der Waals surface area (Å²) in [5.74, 6) is 5.85. The second kappa shape index (κ2) is 6.50. The Kier molecular flexibility index (Phi) is 5.52. The third kappa shape index (κ3) is 3.16. The van der Waals surface area contributed by atoms with E-state index in [1.54, 1.807) is 0 Å². The Hall–Kier alpha value is -0.910. The SMILES string of the molecule is CCN(CC)C(C)(C)C(NN)c1ccnn1C(C)C. The van der Waals surface area contributed by atoms with Crippen molar-refractivity contribution in [2.24, 2.45) is 5.84 Å². The van der Waals surface area contributed by atoms with Gasteiger partial charge in [0.15, 0.2) is 0 Å². The van der Waals surface area contributed by atoms with E-state index >= 15 is 0 Å². The van der Waals surface area contributed by atoms with Crippen LogP contribution in [-0.2, 0) is 0 Å². The molecule has 5 nitrogen and oxygen atoms in total. The second-order valence-electron chi connectivity index (χ2n) is 5.72. The first-order chi connectivity index (χ1) is 8.89. The van der Waals surface area contributed by atoms with Crippen LogP contribution in [0.1, 0.15) is 59.3 Å². The minimum absolute atomic E-state index is 0.0392. The van der Waals surface area contributed by atoms with Crippen molar-refractivity contribution in [3.8, 4) is 0 Å². The number of likely N-dealkylation sites (N-methyl/N-ethyl adjacent to an activating group) is 1. The number of nitrogens with one attached hydrogen (secondary N) is 1. The molecule has 0 aromatic carbocycles. The molecule has 1 aromatic rings. The molecule has 1 aromatic heterocycles. The van der Waals surface area contributed by atoms with E-state index < -0.39 is 0 Å². The van der Waals surface area contributed by atoms with E-state index in [9.17, 15) is 0 Å². The molecule has 0 spiro atoms. The topological polar surface area (TPSA) is 59.1 Å². The molecule has 5 heteroatoms. The molecular formula is C14H29N5. The molecule has 0 fully saturated rings. The summed E-state index contributed by atoms with van der Waals surface area (Å²) < 4.78 is 2.04. The number of hydrogen-bond donors (Lipinski definition) is 2. The van der Waals surface area contributed by atoms with Gasteiger partial charge in [-0.1, -0.05) is 13.8 Å². The van der Waals surface area contributed by atoms with Crippen LogP contribution < -0.4 is 11.3 Å². The molecule has 1 unspecified atom stereocenters. The number of nitrogens with two attached hydrogens (primary N) is 1. The molecule has 0 aliphatic heterocycles. The summed E-state index contributed by atoms with van der Waals surface area (Å²) in [7, 11) is 0. The summed E-state index contributed by atoms with van der Waals surface area (Å²) in [5, 5.41) is 4.41. The quantitative estimate of drug-likeness (QED) is 0.586. The lowest BCUT2D eigenvalue weighted by Crippen LogP contribution is -2.54. The van der Waals surface area contributed by atoms with Gasteiger partial charge in [-0.2, -0.15) is 5.10 Å². The molecule has 1 atom stereocenters. The molecule has 0 amide bonds. The Balaban J connectivity index is 3.15. The number of hydrogen-bond acceptors (Lipinski definition) is 4. The van der Waals surface area contributed by atoms with Crippen LogP contribution in [0.5, 0.6) is 0 Å². The fourth-order valence-electron chi connectivity index (χ4n) is 2.86. The predicted molar refractivity (Wildman–Crippen MR) is 79.7 cm³/mol. The van der Waals surface area contributed by atoms with Crippen LogP contribution in [0.15, 0.2) is 12.3 Å². The summed E-state index contributed by atoms with van der Waals surface area (Å²) in [6.07, 6.45) is 1.85. The van der Waals surface area contributed by atoms with Gasteiger partial charge in [-0.3, -0.25) is 15.4 Å². The highest BCUT2D eigenvalue weighted by atomic mass is 15.4. The molecular weight excluding hydrogens is 238 g/mol. The van der Waals surface area contributed by atoms with Gasteiger partial charge in [0.25, 0.3) is 0 Å². The molecule has 3 N–H and O–H groups in total. The third-order valence-corrected chi connectivity index (χ3v) is 3.94. The Morgan fingerprint density at radius 2 is 1.95 bits per heavy atom. The first-order valence-corrected chi connectivity index (χ1v) is 7.14. The smallest absolute Gasteiger partial charge is 0.0807 e. The number of aromatic nitrogens is 2. The van der Waals surface area contributed by atoms with Crippen molar-refractivity contribution in [3.05, 3.63) is 18.0 Å². The standard InChI is InChI=1S/C14H29N5/c1-7-18(8-2)14(5,6)13(17-15)12-9-10-16-19(12)11(3)4/h9-11,13,17H,7-8,15H2,1-6H3. The molecule has 0 aliphatic rings. The van der Waals surface area contributed by atoms with Crippen molar-refractivity contribution in [1.82, 2.24) is 20.1 Å². The van der Waals surface area contributed by atoms with Gasteiger partial charge >= 0.3 is 0 Å². The van der Waals surface area contributed by atoms with E-state index in [2.05, 4.69) is 63.0 Å². The molecule has 0 radical (unpaired) electrons. The Labute approximate surface area is 117 Å². The van der Waals surface area contributed by atoms with E-state index in [-0.39, 0.29) is 11.6 Å². The van der Waals surface area contributed by atoms with Crippen LogP contribution in [0, 0.1) is 0 Å². The first kappa shape index (κ1) is 16.1. The Morgan fingerprint density at radius 3 is 2.37 bits per heavy atom. The van der Waals surface area contributed by atoms with E-state index in [4.69, 9.17) is 5.84 Å². The molecule has 0 bridgehead atoms. The summed E-state index contributed by atoms with van der Waals surface area (Å²) in [5.41, 5.74) is 4.04. The van der Waals surface area contributed by atoms with Crippen LogP contribution >= 0.6 is 0 Å². The van der Waals surface area contributed by atoms with Gasteiger partial charge in [-0.15, -0.1) is 0 Å². The summed E-state index contributed by atoms with van der Waals surface area (Å²) >= 11 is 0. The summed E-state index contributed by atoms with van der Waals surface area (Å²) in [6.45, 7) is 15.1. The van der Waals surface area contributed by atoms with E-state index in [1.165, 1.54) is 0 Å². The maximum atomic E-state index is 5.85. The van der Waals surface area contributed by atoms with Gasteiger partial charge in [0.05, 0.1) is 11.7 Å². The molecule has 19 heavy (non-hydrogen) atoms. The molecule has 1 heterocycles. The van der Waals surface area contributed by atoms with E-state index in [0.717, 1.165) is 18.8 Å². The fraction of sp³-hybridized carbons (Fsp3) is 0.786. The minimum Gasteiger partial charge on any atom is -0.297 e. The van der Waals surface area contributed by atoms with E-state index in [0.29, 0.717) is 6.04 Å². The highest BCUT2D eigenvalue weighted by molar-refractivity contribution is 5.14. The van der Waals surface area contributed by atoms with Gasteiger partial charge in [-0.25, -0.2) is 5.43 Å². The van der Waals surface area contributed by atoms with Crippen LogP contribution in [-0.4, -0.2) is 33.3 Å². The van der Waals surface area contributed by atoms with Crippen molar-refractivity contribution >= 4 is 0 Å². The lowest BCUT2D eigenvalue weighted by Gasteiger charge is -2.43. The summed E-state index contributed by atoms with van der Waals surface area (Å²) in [4.78, 5) is 2.41. The molecule has 1 rings (SSSR count). The van der Waals surface area contributed by atoms with Crippen LogP contribution in [0.3, 0.4) is 0 Å².